The average Bonchev–Trinajstić information content (AvgIpc) is 2.15. The Kier molecular flexibility index (Phi) is 7.87. The van der Waals surface area contributed by atoms with Crippen molar-refractivity contribution in [2.24, 2.45) is 0 Å². The maximum absolute atomic E-state index is 9.78. The molecule has 0 amide bonds. The van der Waals surface area contributed by atoms with Crippen LogP contribution >= 0.6 is 0 Å². The molecule has 11 heavy (non-hydrogen) atoms. The molecule has 0 saturated heterocycles. The van der Waals surface area contributed by atoms with E-state index in [1.807, 2.05) is 0 Å². The molecule has 0 bridgehead atoms. The molecule has 0 aromatic carbocycles. The Labute approximate surface area is 92.3 Å². The van der Waals surface area contributed by atoms with Gasteiger partial charge in [-0.05, 0) is 6.07 Å². The van der Waals surface area contributed by atoms with Gasteiger partial charge in [-0.2, -0.15) is 0 Å². The molecule has 0 saturated carbocycles. The van der Waals surface area contributed by atoms with Crippen molar-refractivity contribution in [3.05, 3.63) is 18.4 Å². The van der Waals surface area contributed by atoms with E-state index < -0.39 is 6.16 Å². The molecule has 1 heterocycles. The molecule has 0 atom stereocenters. The maximum atomic E-state index is 9.78. The van der Waals surface area contributed by atoms with Crippen LogP contribution in [0.5, 0.6) is 5.95 Å². The molecule has 1 aromatic heterocycles. The Balaban J connectivity index is 0. The van der Waals surface area contributed by atoms with Gasteiger partial charge in [0, 0.05) is 6.07 Å². The van der Waals surface area contributed by atoms with Gasteiger partial charge in [0.1, 0.15) is 0 Å². The van der Waals surface area contributed by atoms with E-state index >= 15 is 0 Å². The third-order valence-corrected chi connectivity index (χ3v) is 0.683. The van der Waals surface area contributed by atoms with Crippen molar-refractivity contribution in [3.63, 3.8) is 0 Å². The van der Waals surface area contributed by atoms with Gasteiger partial charge in [-0.25, -0.2) is 4.79 Å². The third-order valence-electron chi connectivity index (χ3n) is 0.683. The predicted molar refractivity (Wildman–Crippen MR) is 39.5 cm³/mol. The molecular formula is C5H8CaO5. The van der Waals surface area contributed by atoms with E-state index in [1.54, 1.807) is 0 Å². The van der Waals surface area contributed by atoms with Gasteiger partial charge in [0.05, 0.1) is 6.26 Å². The molecule has 5 nitrogen and oxygen atoms in total. The molecular weight excluding hydrogens is 180 g/mol. The summed E-state index contributed by atoms with van der Waals surface area (Å²) < 4.78 is 8.65. The summed E-state index contributed by atoms with van der Waals surface area (Å²) >= 11 is 0. The first-order valence-electron chi connectivity index (χ1n) is 2.23. The van der Waals surface area contributed by atoms with Gasteiger partial charge in [0.15, 0.2) is 0 Å². The zero-order valence-electron chi connectivity index (χ0n) is 4.90. The van der Waals surface area contributed by atoms with Gasteiger partial charge in [0.2, 0.25) is 0 Å². The van der Waals surface area contributed by atoms with Gasteiger partial charge in [-0.15, -0.1) is 0 Å². The molecule has 0 aliphatic heterocycles. The van der Waals surface area contributed by atoms with Crippen LogP contribution in [-0.4, -0.2) is 54.5 Å². The molecule has 0 unspecified atom stereocenters. The summed E-state index contributed by atoms with van der Waals surface area (Å²) in [5, 5.41) is 8.00. The second-order valence-corrected chi connectivity index (χ2v) is 1.30. The van der Waals surface area contributed by atoms with Crippen molar-refractivity contribution in [2.45, 2.75) is 0 Å². The Bertz CT molecular complexity index is 195. The van der Waals surface area contributed by atoms with Crippen LogP contribution in [0.4, 0.5) is 4.79 Å². The number of hydrogen-bond acceptors (Lipinski definition) is 3. The molecule has 1 rings (SSSR count). The second-order valence-electron chi connectivity index (χ2n) is 1.30. The fourth-order valence-corrected chi connectivity index (χ4v) is 0.408. The van der Waals surface area contributed by atoms with E-state index in [9.17, 15) is 4.79 Å². The van der Waals surface area contributed by atoms with Crippen molar-refractivity contribution in [1.29, 1.82) is 0 Å². The van der Waals surface area contributed by atoms with Crippen LogP contribution < -0.4 is 4.74 Å². The van der Waals surface area contributed by atoms with Gasteiger partial charge < -0.3 is 19.7 Å². The van der Waals surface area contributed by atoms with Gasteiger partial charge in [-0.1, -0.05) is 0 Å². The molecule has 1 aromatic rings. The first-order valence-corrected chi connectivity index (χ1v) is 2.23. The Hall–Kier alpha value is -0.230. The molecule has 0 fully saturated rings. The fourth-order valence-electron chi connectivity index (χ4n) is 0.408. The Morgan fingerprint density at radius 3 is 2.64 bits per heavy atom. The van der Waals surface area contributed by atoms with E-state index in [-0.39, 0.29) is 49.2 Å². The van der Waals surface area contributed by atoms with Crippen LogP contribution in [0.1, 0.15) is 0 Å². The zero-order valence-corrected chi connectivity index (χ0v) is 4.90. The minimum atomic E-state index is -1.37. The minimum absolute atomic E-state index is 0. The van der Waals surface area contributed by atoms with Crippen molar-refractivity contribution in [2.75, 3.05) is 0 Å². The molecule has 0 radical (unpaired) electrons. The van der Waals surface area contributed by atoms with Crippen LogP contribution in [0.2, 0.25) is 0 Å². The molecule has 0 spiro atoms. The zero-order chi connectivity index (χ0) is 6.69. The van der Waals surface area contributed by atoms with Gasteiger partial charge in [0.25, 0.3) is 5.95 Å². The van der Waals surface area contributed by atoms with Crippen molar-refractivity contribution in [3.8, 4) is 5.95 Å². The Morgan fingerprint density at radius 1 is 1.64 bits per heavy atom. The van der Waals surface area contributed by atoms with E-state index in [4.69, 9.17) is 5.11 Å². The molecule has 3 N–H and O–H groups in total. The molecule has 0 aliphatic rings. The summed E-state index contributed by atoms with van der Waals surface area (Å²) in [7, 11) is 0. The molecule has 60 valence electrons. The Morgan fingerprint density at radius 2 is 2.27 bits per heavy atom. The van der Waals surface area contributed by atoms with Crippen LogP contribution in [0.25, 0.3) is 0 Å². The molecule has 6 heteroatoms. The topological polar surface area (TPSA) is 91.2 Å². The van der Waals surface area contributed by atoms with Crippen LogP contribution in [0.15, 0.2) is 22.8 Å². The summed E-state index contributed by atoms with van der Waals surface area (Å²) in [5.41, 5.74) is 0. The number of carbonyl (C=O) groups is 1. The SMILES string of the molecule is O.O=C(O)Oc1ccco1.[CaH2]. The van der Waals surface area contributed by atoms with Crippen LogP contribution in [-0.2, 0) is 0 Å². The van der Waals surface area contributed by atoms with Gasteiger partial charge >= 0.3 is 43.9 Å². The standard InChI is InChI=1S/C5H4O4.Ca.H2O.2H/c6-5(7)9-4-2-1-3-8-4;;;;/h1-3H,(H,6,7);;1H2;;. The third kappa shape index (κ3) is 5.08. The first kappa shape index (κ1) is 13.4. The second kappa shape index (κ2) is 6.48. The van der Waals surface area contributed by atoms with E-state index in [0.717, 1.165) is 0 Å². The number of hydrogen-bond donors (Lipinski definition) is 1. The van der Waals surface area contributed by atoms with Gasteiger partial charge in [-0.3, -0.25) is 0 Å². The van der Waals surface area contributed by atoms with Crippen molar-refractivity contribution < 1.29 is 24.5 Å². The van der Waals surface area contributed by atoms with E-state index in [1.165, 1.54) is 18.4 Å². The average molecular weight is 188 g/mol. The van der Waals surface area contributed by atoms with Crippen LogP contribution in [0.3, 0.4) is 0 Å². The molecule has 0 aliphatic carbocycles. The summed E-state index contributed by atoms with van der Waals surface area (Å²) in [4.78, 5) is 9.78. The fraction of sp³-hybridized carbons (Fsp3) is 0. The van der Waals surface area contributed by atoms with Crippen LogP contribution in [0, 0.1) is 0 Å². The van der Waals surface area contributed by atoms with Crippen molar-refractivity contribution in [1.82, 2.24) is 0 Å². The number of ether oxygens (including phenoxy) is 1. The number of carboxylic acid groups (broad SMARTS) is 1. The van der Waals surface area contributed by atoms with E-state index in [0.29, 0.717) is 0 Å². The summed E-state index contributed by atoms with van der Waals surface area (Å²) in [6.45, 7) is 0. The predicted octanol–water partition coefficient (Wildman–Crippen LogP) is -0.405. The monoisotopic (exact) mass is 188 g/mol. The van der Waals surface area contributed by atoms with E-state index in [2.05, 4.69) is 9.15 Å². The first-order chi connectivity index (χ1) is 4.29. The summed E-state index contributed by atoms with van der Waals surface area (Å²) in [5.74, 6) is -0.0116. The summed E-state index contributed by atoms with van der Waals surface area (Å²) in [6, 6.07) is 2.95. The quantitative estimate of drug-likeness (QED) is 0.479. The summed E-state index contributed by atoms with van der Waals surface area (Å²) in [6.07, 6.45) is -0.0388. The number of furan rings is 1. The number of rotatable bonds is 1. The normalized spacial score (nSPS) is 7.27. The van der Waals surface area contributed by atoms with Crippen molar-refractivity contribution >= 4 is 43.9 Å².